The number of ether oxygens (including phenoxy) is 1. The molecule has 0 radical (unpaired) electrons. The van der Waals surface area contributed by atoms with Gasteiger partial charge in [0.1, 0.15) is 17.7 Å². The number of halogens is 2. The molecule has 0 spiro atoms. The molecule has 1 aromatic heterocycles. The molecule has 4 rings (SSSR count). The number of fused-ring (bicyclic) bond motifs is 1. The average molecular weight is 370 g/mol. The van der Waals surface area contributed by atoms with Gasteiger partial charge in [-0.25, -0.2) is 13.5 Å². The van der Waals surface area contributed by atoms with E-state index in [2.05, 4.69) is 15.6 Å². The lowest BCUT2D eigenvalue weighted by molar-refractivity contribution is -0.00174. The zero-order valence-electron chi connectivity index (χ0n) is 14.4. The third-order valence-corrected chi connectivity index (χ3v) is 4.42. The monoisotopic (exact) mass is 370 g/mol. The number of amides is 1. The molecule has 0 saturated heterocycles. The number of rotatable bonds is 3. The Labute approximate surface area is 153 Å². The molecule has 0 saturated carbocycles. The number of nitrogens with zero attached hydrogens (tertiary/aromatic N) is 3. The molecular weight excluding hydrogens is 354 g/mol. The Balaban J connectivity index is 1.53. The van der Waals surface area contributed by atoms with Crippen LogP contribution in [0.3, 0.4) is 0 Å². The van der Waals surface area contributed by atoms with Crippen LogP contribution < -0.4 is 5.32 Å². The van der Waals surface area contributed by atoms with Crippen LogP contribution in [0.2, 0.25) is 0 Å². The van der Waals surface area contributed by atoms with Gasteiger partial charge in [0.15, 0.2) is 5.69 Å². The van der Waals surface area contributed by atoms with Crippen molar-refractivity contribution < 1.29 is 18.3 Å². The van der Waals surface area contributed by atoms with Gasteiger partial charge in [-0.3, -0.25) is 4.79 Å². The van der Waals surface area contributed by atoms with E-state index in [0.29, 0.717) is 12.2 Å². The van der Waals surface area contributed by atoms with E-state index in [9.17, 15) is 13.6 Å². The topological polar surface area (TPSA) is 69.0 Å². The fourth-order valence-electron chi connectivity index (χ4n) is 2.98. The minimum atomic E-state index is -0.551. The number of aromatic nitrogens is 3. The summed E-state index contributed by atoms with van der Waals surface area (Å²) < 4.78 is 34.3. The smallest absolute Gasteiger partial charge is 0.278 e. The highest BCUT2D eigenvalue weighted by Gasteiger charge is 2.28. The molecule has 1 amide bonds. The van der Waals surface area contributed by atoms with Gasteiger partial charge in [-0.15, -0.1) is 5.10 Å². The lowest BCUT2D eigenvalue weighted by atomic mass is 10.1. The highest BCUT2D eigenvalue weighted by atomic mass is 19.1. The molecule has 1 aliphatic heterocycles. The summed E-state index contributed by atoms with van der Waals surface area (Å²) in [5.74, 6) is -1.40. The van der Waals surface area contributed by atoms with Gasteiger partial charge in [-0.2, -0.15) is 0 Å². The first-order valence-corrected chi connectivity index (χ1v) is 8.38. The lowest BCUT2D eigenvalue weighted by Gasteiger charge is -2.24. The van der Waals surface area contributed by atoms with Crippen molar-refractivity contribution >= 4 is 11.6 Å². The van der Waals surface area contributed by atoms with Crippen LogP contribution in [-0.4, -0.2) is 20.9 Å². The van der Waals surface area contributed by atoms with Crippen molar-refractivity contribution in [3.05, 3.63) is 76.6 Å². The molecule has 0 bridgehead atoms. The summed E-state index contributed by atoms with van der Waals surface area (Å²) in [7, 11) is 0. The highest BCUT2D eigenvalue weighted by molar-refractivity contribution is 6.03. The van der Waals surface area contributed by atoms with Gasteiger partial charge in [0, 0.05) is 0 Å². The second kappa shape index (κ2) is 6.88. The predicted molar refractivity (Wildman–Crippen MR) is 93.0 cm³/mol. The van der Waals surface area contributed by atoms with Crippen LogP contribution in [0, 0.1) is 18.6 Å². The van der Waals surface area contributed by atoms with Gasteiger partial charge < -0.3 is 10.1 Å². The first-order chi connectivity index (χ1) is 13.0. The quantitative estimate of drug-likeness (QED) is 0.767. The number of anilines is 1. The summed E-state index contributed by atoms with van der Waals surface area (Å²) in [6.45, 7) is 2.27. The zero-order valence-corrected chi connectivity index (χ0v) is 14.4. The Bertz CT molecular complexity index is 1000. The van der Waals surface area contributed by atoms with Crippen molar-refractivity contribution in [1.82, 2.24) is 15.0 Å². The Kier molecular flexibility index (Phi) is 4.41. The maximum Gasteiger partial charge on any atom is 0.278 e. The fourth-order valence-corrected chi connectivity index (χ4v) is 2.98. The van der Waals surface area contributed by atoms with Gasteiger partial charge in [0.2, 0.25) is 0 Å². The van der Waals surface area contributed by atoms with E-state index in [1.807, 2.05) is 0 Å². The van der Waals surface area contributed by atoms with Gasteiger partial charge in [-0.1, -0.05) is 23.4 Å². The molecular formula is C19H16F2N4O2. The summed E-state index contributed by atoms with van der Waals surface area (Å²) in [5.41, 5.74) is 2.32. The Morgan fingerprint density at radius 2 is 2.00 bits per heavy atom. The molecule has 2 aromatic carbocycles. The van der Waals surface area contributed by atoms with Crippen molar-refractivity contribution in [2.75, 3.05) is 5.32 Å². The van der Waals surface area contributed by atoms with E-state index in [4.69, 9.17) is 4.74 Å². The second-order valence-electron chi connectivity index (χ2n) is 6.36. The summed E-state index contributed by atoms with van der Waals surface area (Å²) >= 11 is 0. The molecule has 3 aromatic rings. The molecule has 0 fully saturated rings. The van der Waals surface area contributed by atoms with Crippen LogP contribution in [0.5, 0.6) is 0 Å². The van der Waals surface area contributed by atoms with E-state index < -0.39 is 11.7 Å². The SMILES string of the molecule is Cc1ccc(F)c(NC(=O)c2nnn3c2CO[C@@H](c2ccc(F)cc2)C3)c1. The van der Waals surface area contributed by atoms with E-state index in [0.717, 1.165) is 11.1 Å². The predicted octanol–water partition coefficient (Wildman–Crippen LogP) is 3.39. The zero-order chi connectivity index (χ0) is 19.0. The number of carbonyl (C=O) groups is 1. The first kappa shape index (κ1) is 17.3. The lowest BCUT2D eigenvalue weighted by Crippen LogP contribution is -2.24. The summed E-state index contributed by atoms with van der Waals surface area (Å²) in [6, 6.07) is 10.5. The van der Waals surface area contributed by atoms with Gasteiger partial charge in [0.25, 0.3) is 5.91 Å². The van der Waals surface area contributed by atoms with Crippen LogP contribution in [0.15, 0.2) is 42.5 Å². The number of carbonyl (C=O) groups excluding carboxylic acids is 1. The third kappa shape index (κ3) is 3.43. The first-order valence-electron chi connectivity index (χ1n) is 8.38. The summed E-state index contributed by atoms with van der Waals surface area (Å²) in [5, 5.41) is 10.5. The minimum absolute atomic E-state index is 0.0858. The van der Waals surface area contributed by atoms with Gasteiger partial charge in [0.05, 0.1) is 24.5 Å². The van der Waals surface area contributed by atoms with Gasteiger partial charge in [-0.05, 0) is 42.3 Å². The van der Waals surface area contributed by atoms with E-state index >= 15 is 0 Å². The van der Waals surface area contributed by atoms with Crippen LogP contribution >= 0.6 is 0 Å². The number of benzene rings is 2. The number of nitrogens with one attached hydrogen (secondary N) is 1. The van der Waals surface area contributed by atoms with Crippen molar-refractivity contribution in [1.29, 1.82) is 0 Å². The minimum Gasteiger partial charge on any atom is -0.365 e. The average Bonchev–Trinajstić information content (AvgIpc) is 3.08. The van der Waals surface area contributed by atoms with E-state index in [-0.39, 0.29) is 29.9 Å². The number of hydrogen-bond donors (Lipinski definition) is 1. The molecule has 8 heteroatoms. The van der Waals surface area contributed by atoms with Crippen LogP contribution in [0.25, 0.3) is 0 Å². The fraction of sp³-hybridized carbons (Fsp3) is 0.211. The van der Waals surface area contributed by atoms with Crippen molar-refractivity contribution in [3.8, 4) is 0 Å². The van der Waals surface area contributed by atoms with E-state index in [1.54, 1.807) is 35.9 Å². The van der Waals surface area contributed by atoms with Crippen molar-refractivity contribution in [2.24, 2.45) is 0 Å². The van der Waals surface area contributed by atoms with Crippen molar-refractivity contribution in [3.63, 3.8) is 0 Å². The number of hydrogen-bond acceptors (Lipinski definition) is 4. The molecule has 1 N–H and O–H groups in total. The molecule has 0 unspecified atom stereocenters. The molecule has 27 heavy (non-hydrogen) atoms. The molecule has 6 nitrogen and oxygen atoms in total. The third-order valence-electron chi connectivity index (χ3n) is 4.42. The molecule has 138 valence electrons. The largest absolute Gasteiger partial charge is 0.365 e. The second-order valence-corrected chi connectivity index (χ2v) is 6.36. The Morgan fingerprint density at radius 1 is 1.22 bits per heavy atom. The molecule has 2 heterocycles. The number of aryl methyl sites for hydroxylation is 1. The van der Waals surface area contributed by atoms with Crippen LogP contribution in [-0.2, 0) is 17.9 Å². The van der Waals surface area contributed by atoms with Crippen molar-refractivity contribution in [2.45, 2.75) is 26.2 Å². The molecule has 1 atom stereocenters. The maximum absolute atomic E-state index is 13.9. The summed E-state index contributed by atoms with van der Waals surface area (Å²) in [6.07, 6.45) is -0.315. The van der Waals surface area contributed by atoms with Crippen LogP contribution in [0.1, 0.15) is 33.4 Å². The molecule has 0 aliphatic carbocycles. The summed E-state index contributed by atoms with van der Waals surface area (Å²) in [4.78, 5) is 12.5. The highest BCUT2D eigenvalue weighted by Crippen LogP contribution is 2.27. The molecule has 1 aliphatic rings. The Hall–Kier alpha value is -3.13. The van der Waals surface area contributed by atoms with Gasteiger partial charge >= 0.3 is 0 Å². The van der Waals surface area contributed by atoms with E-state index in [1.165, 1.54) is 18.2 Å². The van der Waals surface area contributed by atoms with Crippen LogP contribution in [0.4, 0.5) is 14.5 Å². The Morgan fingerprint density at radius 3 is 2.78 bits per heavy atom. The normalized spacial score (nSPS) is 16.0. The maximum atomic E-state index is 13.9. The standard InChI is InChI=1S/C19H16F2N4O2/c1-11-2-7-14(21)15(8-11)22-19(26)18-16-10-27-17(9-25(16)24-23-18)12-3-5-13(20)6-4-12/h2-8,17H,9-10H2,1H3,(H,22,26)/t17-/m1/s1.